The first-order chi connectivity index (χ1) is 6.11. The topological polar surface area (TPSA) is 37.3 Å². The monoisotopic (exact) mass is 176 g/mol. The lowest BCUT2D eigenvalue weighted by Crippen LogP contribution is -2.02. The van der Waals surface area contributed by atoms with Crippen molar-refractivity contribution in [3.8, 4) is 0 Å². The fourth-order valence-electron chi connectivity index (χ4n) is 1.25. The zero-order valence-electron chi connectivity index (χ0n) is 7.58. The van der Waals surface area contributed by atoms with Gasteiger partial charge in [-0.05, 0) is 18.1 Å². The van der Waals surface area contributed by atoms with Crippen molar-refractivity contribution in [3.63, 3.8) is 0 Å². The zero-order chi connectivity index (χ0) is 9.84. The predicted octanol–water partition coefficient (Wildman–Crippen LogP) is 2.35. The lowest BCUT2D eigenvalue weighted by molar-refractivity contribution is -0.136. The van der Waals surface area contributed by atoms with Crippen molar-refractivity contribution in [1.29, 1.82) is 0 Å². The van der Waals surface area contributed by atoms with Crippen molar-refractivity contribution in [2.24, 2.45) is 0 Å². The molecule has 0 saturated heterocycles. The van der Waals surface area contributed by atoms with Crippen LogP contribution in [-0.4, -0.2) is 11.1 Å². The van der Waals surface area contributed by atoms with Crippen LogP contribution in [0.2, 0.25) is 0 Å². The van der Waals surface area contributed by atoms with Crippen LogP contribution in [0.1, 0.15) is 18.1 Å². The standard InChI is InChI=1S/C11H12O2/c1-8(2)10-6-4-3-5-9(10)7-11(12)13/h3-6H,1,7H2,2H3,(H,12,13). The molecule has 0 aliphatic carbocycles. The third-order valence-corrected chi connectivity index (χ3v) is 1.82. The van der Waals surface area contributed by atoms with E-state index in [1.54, 1.807) is 0 Å². The molecule has 0 spiro atoms. The average molecular weight is 176 g/mol. The van der Waals surface area contributed by atoms with Crippen LogP contribution in [0.4, 0.5) is 0 Å². The largest absolute Gasteiger partial charge is 0.481 e. The van der Waals surface area contributed by atoms with Crippen LogP contribution >= 0.6 is 0 Å². The Balaban J connectivity index is 3.04. The minimum atomic E-state index is -0.811. The number of aliphatic carboxylic acids is 1. The summed E-state index contributed by atoms with van der Waals surface area (Å²) in [6.07, 6.45) is 0.0586. The molecule has 1 rings (SSSR count). The van der Waals surface area contributed by atoms with Crippen LogP contribution in [-0.2, 0) is 11.2 Å². The molecular formula is C11H12O2. The Labute approximate surface area is 77.5 Å². The quantitative estimate of drug-likeness (QED) is 0.767. The molecule has 13 heavy (non-hydrogen) atoms. The number of carboxylic acids is 1. The molecular weight excluding hydrogens is 164 g/mol. The molecule has 0 unspecified atom stereocenters. The highest BCUT2D eigenvalue weighted by Gasteiger charge is 2.05. The number of hydrogen-bond acceptors (Lipinski definition) is 1. The number of hydrogen-bond donors (Lipinski definition) is 1. The van der Waals surface area contributed by atoms with E-state index in [0.717, 1.165) is 16.7 Å². The van der Waals surface area contributed by atoms with Crippen molar-refractivity contribution < 1.29 is 9.90 Å². The van der Waals surface area contributed by atoms with E-state index in [9.17, 15) is 4.79 Å². The van der Waals surface area contributed by atoms with Crippen molar-refractivity contribution >= 4 is 11.5 Å². The molecule has 0 heterocycles. The van der Waals surface area contributed by atoms with E-state index in [2.05, 4.69) is 6.58 Å². The second-order valence-corrected chi connectivity index (χ2v) is 3.01. The Morgan fingerprint density at radius 3 is 2.62 bits per heavy atom. The van der Waals surface area contributed by atoms with E-state index in [1.165, 1.54) is 0 Å². The van der Waals surface area contributed by atoms with Crippen molar-refractivity contribution in [3.05, 3.63) is 42.0 Å². The molecule has 1 aromatic carbocycles. The molecule has 0 aliphatic rings. The highest BCUT2D eigenvalue weighted by molar-refractivity contribution is 5.74. The van der Waals surface area contributed by atoms with E-state index in [0.29, 0.717) is 0 Å². The molecule has 0 aliphatic heterocycles. The van der Waals surface area contributed by atoms with E-state index in [4.69, 9.17) is 5.11 Å². The molecule has 0 fully saturated rings. The van der Waals surface area contributed by atoms with Crippen molar-refractivity contribution in [1.82, 2.24) is 0 Å². The minimum absolute atomic E-state index is 0.0586. The molecule has 0 saturated carbocycles. The van der Waals surface area contributed by atoms with Gasteiger partial charge in [-0.15, -0.1) is 0 Å². The maximum Gasteiger partial charge on any atom is 0.307 e. The van der Waals surface area contributed by atoms with Gasteiger partial charge in [0, 0.05) is 0 Å². The van der Waals surface area contributed by atoms with Gasteiger partial charge in [-0.25, -0.2) is 0 Å². The highest BCUT2D eigenvalue weighted by atomic mass is 16.4. The van der Waals surface area contributed by atoms with Gasteiger partial charge in [0.25, 0.3) is 0 Å². The Morgan fingerprint density at radius 2 is 2.08 bits per heavy atom. The molecule has 0 amide bonds. The summed E-state index contributed by atoms with van der Waals surface area (Å²) >= 11 is 0. The van der Waals surface area contributed by atoms with E-state index >= 15 is 0 Å². The minimum Gasteiger partial charge on any atom is -0.481 e. The fourth-order valence-corrected chi connectivity index (χ4v) is 1.25. The Hall–Kier alpha value is -1.57. The summed E-state index contributed by atoms with van der Waals surface area (Å²) in [5, 5.41) is 8.64. The average Bonchev–Trinajstić information content (AvgIpc) is 2.03. The predicted molar refractivity (Wildman–Crippen MR) is 52.5 cm³/mol. The summed E-state index contributed by atoms with van der Waals surface area (Å²) in [6, 6.07) is 7.43. The Kier molecular flexibility index (Phi) is 2.85. The molecule has 2 nitrogen and oxygen atoms in total. The van der Waals surface area contributed by atoms with Gasteiger partial charge in [0.05, 0.1) is 6.42 Å². The third-order valence-electron chi connectivity index (χ3n) is 1.82. The van der Waals surface area contributed by atoms with E-state index in [-0.39, 0.29) is 6.42 Å². The van der Waals surface area contributed by atoms with Gasteiger partial charge < -0.3 is 5.11 Å². The van der Waals surface area contributed by atoms with Gasteiger partial charge in [0.1, 0.15) is 0 Å². The molecule has 1 aromatic rings. The van der Waals surface area contributed by atoms with E-state index in [1.807, 2.05) is 31.2 Å². The molecule has 68 valence electrons. The first kappa shape index (κ1) is 9.52. The normalized spacial score (nSPS) is 9.62. The number of carbonyl (C=O) groups is 1. The second kappa shape index (κ2) is 3.90. The summed E-state index contributed by atoms with van der Waals surface area (Å²) in [4.78, 5) is 10.5. The fraction of sp³-hybridized carbons (Fsp3) is 0.182. The van der Waals surface area contributed by atoms with Gasteiger partial charge in [0.15, 0.2) is 0 Å². The third kappa shape index (κ3) is 2.44. The first-order valence-corrected chi connectivity index (χ1v) is 4.07. The van der Waals surface area contributed by atoms with Gasteiger partial charge >= 0.3 is 5.97 Å². The first-order valence-electron chi connectivity index (χ1n) is 4.07. The van der Waals surface area contributed by atoms with Crippen LogP contribution in [0.3, 0.4) is 0 Å². The van der Waals surface area contributed by atoms with Crippen molar-refractivity contribution in [2.45, 2.75) is 13.3 Å². The van der Waals surface area contributed by atoms with Crippen LogP contribution in [0, 0.1) is 0 Å². The second-order valence-electron chi connectivity index (χ2n) is 3.01. The zero-order valence-corrected chi connectivity index (χ0v) is 7.58. The summed E-state index contributed by atoms with van der Waals surface area (Å²) < 4.78 is 0. The number of carboxylic acid groups (broad SMARTS) is 1. The van der Waals surface area contributed by atoms with Crippen LogP contribution in [0.5, 0.6) is 0 Å². The van der Waals surface area contributed by atoms with Crippen LogP contribution < -0.4 is 0 Å². The van der Waals surface area contributed by atoms with Gasteiger partial charge in [-0.2, -0.15) is 0 Å². The Morgan fingerprint density at radius 1 is 1.46 bits per heavy atom. The lowest BCUT2D eigenvalue weighted by Gasteiger charge is -2.05. The molecule has 0 aromatic heterocycles. The maximum absolute atomic E-state index is 10.5. The lowest BCUT2D eigenvalue weighted by atomic mass is 10.00. The molecule has 0 atom stereocenters. The maximum atomic E-state index is 10.5. The number of allylic oxidation sites excluding steroid dienone is 1. The summed E-state index contributed by atoms with van der Waals surface area (Å²) in [6.45, 7) is 5.68. The Bertz CT molecular complexity index is 340. The summed E-state index contributed by atoms with van der Waals surface area (Å²) in [5.74, 6) is -0.811. The van der Waals surface area contributed by atoms with Gasteiger partial charge in [-0.1, -0.05) is 36.4 Å². The molecule has 1 N–H and O–H groups in total. The van der Waals surface area contributed by atoms with Crippen LogP contribution in [0.25, 0.3) is 5.57 Å². The number of rotatable bonds is 3. The van der Waals surface area contributed by atoms with Crippen molar-refractivity contribution in [2.75, 3.05) is 0 Å². The summed E-state index contributed by atoms with van der Waals surface area (Å²) in [5.41, 5.74) is 2.66. The van der Waals surface area contributed by atoms with Gasteiger partial charge in [-0.3, -0.25) is 4.79 Å². The highest BCUT2D eigenvalue weighted by Crippen LogP contribution is 2.17. The molecule has 0 radical (unpaired) electrons. The molecule has 0 bridgehead atoms. The smallest absolute Gasteiger partial charge is 0.307 e. The van der Waals surface area contributed by atoms with Crippen LogP contribution in [0.15, 0.2) is 30.8 Å². The number of benzene rings is 1. The summed E-state index contributed by atoms with van der Waals surface area (Å²) in [7, 11) is 0. The molecule has 2 heteroatoms. The van der Waals surface area contributed by atoms with Gasteiger partial charge in [0.2, 0.25) is 0 Å². The SMILES string of the molecule is C=C(C)c1ccccc1CC(=O)O. The van der Waals surface area contributed by atoms with E-state index < -0.39 is 5.97 Å².